The summed E-state index contributed by atoms with van der Waals surface area (Å²) in [6, 6.07) is 9.13. The third-order valence-electron chi connectivity index (χ3n) is 7.25. The molecule has 0 aliphatic carbocycles. The number of carbonyl (C=O) groups is 3. The SMILES string of the molecule is CCN(CC)CCN(C)C(=O)C1CCN(c2cccc3c2C(=O)N(Cc2cccnc2)C3=O)CC1. The van der Waals surface area contributed by atoms with Crippen molar-refractivity contribution in [1.29, 1.82) is 0 Å². The molecule has 2 aliphatic rings. The van der Waals surface area contributed by atoms with Gasteiger partial charge in [-0.25, -0.2) is 0 Å². The quantitative estimate of drug-likeness (QED) is 0.517. The number of amides is 3. The van der Waals surface area contributed by atoms with Crippen LogP contribution in [0.5, 0.6) is 0 Å². The highest BCUT2D eigenvalue weighted by Crippen LogP contribution is 2.34. The van der Waals surface area contributed by atoms with Crippen LogP contribution in [0.2, 0.25) is 0 Å². The van der Waals surface area contributed by atoms with Crippen molar-refractivity contribution in [1.82, 2.24) is 19.7 Å². The molecule has 3 heterocycles. The van der Waals surface area contributed by atoms with Crippen LogP contribution >= 0.6 is 0 Å². The Bertz CT molecular complexity index is 1060. The van der Waals surface area contributed by atoms with Crippen molar-refractivity contribution in [2.45, 2.75) is 33.2 Å². The van der Waals surface area contributed by atoms with Crippen molar-refractivity contribution in [3.05, 3.63) is 59.4 Å². The first-order valence-corrected chi connectivity index (χ1v) is 12.5. The summed E-state index contributed by atoms with van der Waals surface area (Å²) in [4.78, 5) is 51.1. The van der Waals surface area contributed by atoms with Gasteiger partial charge in [0, 0.05) is 51.5 Å². The summed E-state index contributed by atoms with van der Waals surface area (Å²) < 4.78 is 0. The lowest BCUT2D eigenvalue weighted by atomic mass is 9.94. The molecule has 1 aromatic heterocycles. The molecule has 35 heavy (non-hydrogen) atoms. The van der Waals surface area contributed by atoms with E-state index in [1.165, 1.54) is 4.90 Å². The van der Waals surface area contributed by atoms with E-state index >= 15 is 0 Å². The van der Waals surface area contributed by atoms with E-state index in [2.05, 4.69) is 28.6 Å². The van der Waals surface area contributed by atoms with E-state index in [1.807, 2.05) is 30.1 Å². The molecule has 0 N–H and O–H groups in total. The number of hydrogen-bond acceptors (Lipinski definition) is 6. The number of anilines is 1. The molecule has 1 fully saturated rings. The first-order chi connectivity index (χ1) is 16.9. The van der Waals surface area contributed by atoms with E-state index < -0.39 is 0 Å². The van der Waals surface area contributed by atoms with E-state index in [0.29, 0.717) is 24.2 Å². The molecular formula is C27H35N5O3. The van der Waals surface area contributed by atoms with Crippen LogP contribution in [0, 0.1) is 5.92 Å². The molecule has 0 spiro atoms. The molecule has 1 aromatic carbocycles. The summed E-state index contributed by atoms with van der Waals surface area (Å²) in [6.07, 6.45) is 4.81. The third-order valence-corrected chi connectivity index (χ3v) is 7.25. The lowest BCUT2D eigenvalue weighted by molar-refractivity contribution is -0.135. The highest BCUT2D eigenvalue weighted by Gasteiger charge is 2.39. The highest BCUT2D eigenvalue weighted by molar-refractivity contribution is 6.23. The van der Waals surface area contributed by atoms with Crippen molar-refractivity contribution in [3.8, 4) is 0 Å². The topological polar surface area (TPSA) is 77.1 Å². The zero-order chi connectivity index (χ0) is 24.9. The lowest BCUT2D eigenvalue weighted by Crippen LogP contribution is -2.43. The third kappa shape index (κ3) is 5.22. The normalized spacial score (nSPS) is 16.2. The van der Waals surface area contributed by atoms with Crippen LogP contribution in [-0.4, -0.2) is 83.7 Å². The zero-order valence-electron chi connectivity index (χ0n) is 20.9. The fourth-order valence-corrected chi connectivity index (χ4v) is 5.02. The van der Waals surface area contributed by atoms with E-state index in [9.17, 15) is 14.4 Å². The molecule has 186 valence electrons. The number of piperidine rings is 1. The maximum Gasteiger partial charge on any atom is 0.263 e. The van der Waals surface area contributed by atoms with Crippen LogP contribution in [0.3, 0.4) is 0 Å². The minimum atomic E-state index is -0.268. The Morgan fingerprint density at radius 3 is 2.43 bits per heavy atom. The molecule has 8 nitrogen and oxygen atoms in total. The molecule has 0 unspecified atom stereocenters. The predicted octanol–water partition coefficient (Wildman–Crippen LogP) is 2.89. The van der Waals surface area contributed by atoms with Gasteiger partial charge in [-0.1, -0.05) is 26.0 Å². The van der Waals surface area contributed by atoms with Gasteiger partial charge in [-0.3, -0.25) is 24.3 Å². The molecule has 0 bridgehead atoms. The van der Waals surface area contributed by atoms with Crippen molar-refractivity contribution in [2.24, 2.45) is 5.92 Å². The second kappa shape index (κ2) is 11.0. The second-order valence-corrected chi connectivity index (χ2v) is 9.31. The fraction of sp³-hybridized carbons (Fsp3) is 0.481. The van der Waals surface area contributed by atoms with Crippen LogP contribution in [0.15, 0.2) is 42.7 Å². The van der Waals surface area contributed by atoms with Crippen LogP contribution in [0.4, 0.5) is 5.69 Å². The Labute approximate surface area is 207 Å². The van der Waals surface area contributed by atoms with E-state index in [4.69, 9.17) is 0 Å². The summed E-state index contributed by atoms with van der Waals surface area (Å²) in [5.41, 5.74) is 2.52. The summed E-state index contributed by atoms with van der Waals surface area (Å²) in [7, 11) is 1.89. The number of fused-ring (bicyclic) bond motifs is 1. The summed E-state index contributed by atoms with van der Waals surface area (Å²) in [5, 5.41) is 0. The summed E-state index contributed by atoms with van der Waals surface area (Å²) in [6.45, 7) is 9.43. The van der Waals surface area contributed by atoms with Gasteiger partial charge >= 0.3 is 0 Å². The number of hydrogen-bond donors (Lipinski definition) is 0. The molecule has 1 saturated heterocycles. The number of nitrogens with zero attached hydrogens (tertiary/aromatic N) is 5. The van der Waals surface area contributed by atoms with Gasteiger partial charge < -0.3 is 14.7 Å². The molecule has 4 rings (SSSR count). The van der Waals surface area contributed by atoms with Crippen molar-refractivity contribution >= 4 is 23.4 Å². The number of benzene rings is 1. The Morgan fingerprint density at radius 1 is 1.03 bits per heavy atom. The van der Waals surface area contributed by atoms with Gasteiger partial charge in [-0.2, -0.15) is 0 Å². The monoisotopic (exact) mass is 477 g/mol. The van der Waals surface area contributed by atoms with Crippen LogP contribution < -0.4 is 4.90 Å². The minimum Gasteiger partial charge on any atom is -0.371 e. The number of rotatable bonds is 9. The summed E-state index contributed by atoms with van der Waals surface area (Å²) >= 11 is 0. The van der Waals surface area contributed by atoms with E-state index in [0.717, 1.165) is 50.3 Å². The van der Waals surface area contributed by atoms with Gasteiger partial charge in [0.1, 0.15) is 0 Å². The van der Waals surface area contributed by atoms with Gasteiger partial charge in [-0.15, -0.1) is 0 Å². The van der Waals surface area contributed by atoms with Gasteiger partial charge in [0.2, 0.25) is 5.91 Å². The zero-order valence-corrected chi connectivity index (χ0v) is 20.9. The van der Waals surface area contributed by atoms with E-state index in [-0.39, 0.29) is 30.2 Å². The molecule has 0 radical (unpaired) electrons. The highest BCUT2D eigenvalue weighted by atomic mass is 16.2. The summed E-state index contributed by atoms with van der Waals surface area (Å²) in [5.74, 6) is -0.345. The smallest absolute Gasteiger partial charge is 0.263 e. The molecule has 3 amide bonds. The Balaban J connectivity index is 1.41. The Morgan fingerprint density at radius 2 is 1.77 bits per heavy atom. The number of likely N-dealkylation sites (N-methyl/N-ethyl adjacent to an activating group) is 2. The second-order valence-electron chi connectivity index (χ2n) is 9.31. The predicted molar refractivity (Wildman–Crippen MR) is 135 cm³/mol. The maximum absolute atomic E-state index is 13.3. The Hall–Kier alpha value is -3.26. The number of carbonyl (C=O) groups excluding carboxylic acids is 3. The molecule has 2 aliphatic heterocycles. The van der Waals surface area contributed by atoms with Crippen molar-refractivity contribution in [3.63, 3.8) is 0 Å². The van der Waals surface area contributed by atoms with Crippen LogP contribution in [0.25, 0.3) is 0 Å². The molecule has 0 atom stereocenters. The molecular weight excluding hydrogens is 442 g/mol. The molecule has 0 saturated carbocycles. The number of pyridine rings is 1. The minimum absolute atomic E-state index is 0.0101. The fourth-order valence-electron chi connectivity index (χ4n) is 5.02. The molecule has 2 aromatic rings. The van der Waals surface area contributed by atoms with Crippen LogP contribution in [0.1, 0.15) is 53.0 Å². The lowest BCUT2D eigenvalue weighted by Gasteiger charge is -2.35. The maximum atomic E-state index is 13.3. The molecule has 8 heteroatoms. The largest absolute Gasteiger partial charge is 0.371 e. The average molecular weight is 478 g/mol. The van der Waals surface area contributed by atoms with Gasteiger partial charge in [0.05, 0.1) is 23.4 Å². The standard InChI is InChI=1S/C27H35N5O3/c1-4-30(5-2)17-16-29(3)25(33)21-11-14-31(15-12-21)23-10-6-9-22-24(23)27(35)32(26(22)34)19-20-8-7-13-28-18-20/h6-10,13,18,21H,4-5,11-12,14-17,19H2,1-3H3. The van der Waals surface area contributed by atoms with Gasteiger partial charge in [-0.05, 0) is 49.7 Å². The number of aromatic nitrogens is 1. The van der Waals surface area contributed by atoms with Gasteiger partial charge in [0.15, 0.2) is 0 Å². The van der Waals surface area contributed by atoms with E-state index in [1.54, 1.807) is 24.5 Å². The average Bonchev–Trinajstić information content (AvgIpc) is 3.14. The van der Waals surface area contributed by atoms with Gasteiger partial charge in [0.25, 0.3) is 11.8 Å². The van der Waals surface area contributed by atoms with Crippen molar-refractivity contribution < 1.29 is 14.4 Å². The Kier molecular flexibility index (Phi) is 7.80. The van der Waals surface area contributed by atoms with Crippen molar-refractivity contribution in [2.75, 3.05) is 51.2 Å². The number of imide groups is 1. The first kappa shape index (κ1) is 24.9. The van der Waals surface area contributed by atoms with Crippen LogP contribution in [-0.2, 0) is 11.3 Å². The first-order valence-electron chi connectivity index (χ1n) is 12.5.